The van der Waals surface area contributed by atoms with Gasteiger partial charge in [0.25, 0.3) is 5.76 Å². The first-order valence-electron chi connectivity index (χ1n) is 8.09. The molecule has 5 heteroatoms. The molecule has 0 saturated carbocycles. The van der Waals surface area contributed by atoms with Crippen molar-refractivity contribution < 1.29 is 13.6 Å². The van der Waals surface area contributed by atoms with E-state index in [0.29, 0.717) is 22.3 Å². The van der Waals surface area contributed by atoms with Gasteiger partial charge in [0.15, 0.2) is 0 Å². The second-order valence-corrected chi connectivity index (χ2v) is 6.71. The van der Waals surface area contributed by atoms with Gasteiger partial charge < -0.3 is 5.32 Å². The molecule has 0 aliphatic rings. The maximum Gasteiger partial charge on any atom is 0.288 e. The van der Waals surface area contributed by atoms with E-state index in [2.05, 4.69) is 5.32 Å². The minimum Gasteiger partial charge on any atom is -0.325 e. The fourth-order valence-corrected chi connectivity index (χ4v) is 3.22. The Hall–Kier alpha value is -2.66. The SMILES string of the molecule is O=C(Nc1ccc(SC(F)F)cc1)C(c1ccccc1)c1ccccc1. The van der Waals surface area contributed by atoms with Crippen LogP contribution < -0.4 is 5.32 Å². The van der Waals surface area contributed by atoms with Gasteiger partial charge in [0.1, 0.15) is 0 Å². The average Bonchev–Trinajstić information content (AvgIpc) is 2.65. The summed E-state index contributed by atoms with van der Waals surface area (Å²) in [5.41, 5.74) is 2.35. The van der Waals surface area contributed by atoms with E-state index in [-0.39, 0.29) is 5.91 Å². The molecule has 0 bridgehead atoms. The molecule has 0 aromatic heterocycles. The van der Waals surface area contributed by atoms with Crippen LogP contribution in [0.4, 0.5) is 14.5 Å². The Morgan fingerprint density at radius 2 is 1.27 bits per heavy atom. The molecule has 1 N–H and O–H groups in total. The summed E-state index contributed by atoms with van der Waals surface area (Å²) in [6.45, 7) is 0. The van der Waals surface area contributed by atoms with E-state index in [9.17, 15) is 13.6 Å². The monoisotopic (exact) mass is 369 g/mol. The standard InChI is InChI=1S/C21H17F2NOS/c22-21(23)26-18-13-11-17(12-14-18)24-20(25)19(15-7-3-1-4-8-15)16-9-5-2-6-10-16/h1-14,19,21H,(H,24,25). The van der Waals surface area contributed by atoms with E-state index in [1.807, 2.05) is 60.7 Å². The predicted molar refractivity (Wildman–Crippen MR) is 102 cm³/mol. The quantitative estimate of drug-likeness (QED) is 0.559. The number of rotatable bonds is 6. The summed E-state index contributed by atoms with van der Waals surface area (Å²) >= 11 is 0.480. The zero-order valence-corrected chi connectivity index (χ0v) is 14.6. The maximum atomic E-state index is 12.9. The van der Waals surface area contributed by atoms with Crippen LogP contribution in [0.15, 0.2) is 89.8 Å². The fraction of sp³-hybridized carbons (Fsp3) is 0.0952. The molecule has 0 radical (unpaired) electrons. The lowest BCUT2D eigenvalue weighted by atomic mass is 9.90. The van der Waals surface area contributed by atoms with Crippen molar-refractivity contribution in [1.29, 1.82) is 0 Å². The van der Waals surface area contributed by atoms with Crippen molar-refractivity contribution in [1.82, 2.24) is 0 Å². The molecule has 0 fully saturated rings. The number of nitrogens with one attached hydrogen (secondary N) is 1. The zero-order chi connectivity index (χ0) is 18.4. The minimum atomic E-state index is -2.46. The number of carbonyl (C=O) groups is 1. The van der Waals surface area contributed by atoms with Crippen molar-refractivity contribution in [3.8, 4) is 0 Å². The first-order valence-corrected chi connectivity index (χ1v) is 8.97. The van der Waals surface area contributed by atoms with Gasteiger partial charge in [0.2, 0.25) is 5.91 Å². The molecular weight excluding hydrogens is 352 g/mol. The Bertz CT molecular complexity index is 799. The molecule has 0 spiro atoms. The van der Waals surface area contributed by atoms with Gasteiger partial charge in [-0.3, -0.25) is 4.79 Å². The number of benzene rings is 3. The largest absolute Gasteiger partial charge is 0.325 e. The van der Waals surface area contributed by atoms with Crippen molar-refractivity contribution in [3.63, 3.8) is 0 Å². The normalized spacial score (nSPS) is 10.9. The lowest BCUT2D eigenvalue weighted by molar-refractivity contribution is -0.116. The van der Waals surface area contributed by atoms with Crippen LogP contribution in [0.5, 0.6) is 0 Å². The third kappa shape index (κ3) is 4.70. The van der Waals surface area contributed by atoms with Crippen LogP contribution >= 0.6 is 11.8 Å². The lowest BCUT2D eigenvalue weighted by Crippen LogP contribution is -2.22. The molecule has 3 aromatic carbocycles. The molecule has 3 rings (SSSR count). The van der Waals surface area contributed by atoms with Gasteiger partial charge in [0, 0.05) is 10.6 Å². The molecule has 0 aliphatic heterocycles. The van der Waals surface area contributed by atoms with E-state index in [1.165, 1.54) is 0 Å². The third-order valence-electron chi connectivity index (χ3n) is 3.88. The van der Waals surface area contributed by atoms with Gasteiger partial charge in [0.05, 0.1) is 5.92 Å². The van der Waals surface area contributed by atoms with Crippen molar-refractivity contribution in [2.45, 2.75) is 16.6 Å². The highest BCUT2D eigenvalue weighted by molar-refractivity contribution is 7.99. The highest BCUT2D eigenvalue weighted by Gasteiger charge is 2.22. The summed E-state index contributed by atoms with van der Waals surface area (Å²) in [5, 5.41) is 2.88. The molecule has 0 aliphatic carbocycles. The molecule has 26 heavy (non-hydrogen) atoms. The highest BCUT2D eigenvalue weighted by Crippen LogP contribution is 2.28. The number of carbonyl (C=O) groups excluding carboxylic acids is 1. The first-order chi connectivity index (χ1) is 12.6. The highest BCUT2D eigenvalue weighted by atomic mass is 32.2. The van der Waals surface area contributed by atoms with E-state index in [0.717, 1.165) is 11.1 Å². The minimum absolute atomic E-state index is 0.170. The van der Waals surface area contributed by atoms with Crippen LogP contribution in [0.25, 0.3) is 0 Å². The number of alkyl halides is 2. The summed E-state index contributed by atoms with van der Waals surface area (Å²) in [4.78, 5) is 13.4. The summed E-state index contributed by atoms with van der Waals surface area (Å²) in [6.07, 6.45) is 0. The van der Waals surface area contributed by atoms with E-state index < -0.39 is 11.7 Å². The fourth-order valence-electron chi connectivity index (χ4n) is 2.72. The van der Waals surface area contributed by atoms with Crippen molar-refractivity contribution in [2.24, 2.45) is 0 Å². The number of halogens is 2. The molecular formula is C21H17F2NOS. The van der Waals surface area contributed by atoms with Crippen LogP contribution in [0, 0.1) is 0 Å². The van der Waals surface area contributed by atoms with Crippen molar-refractivity contribution >= 4 is 23.4 Å². The third-order valence-corrected chi connectivity index (χ3v) is 4.60. The van der Waals surface area contributed by atoms with E-state index >= 15 is 0 Å². The summed E-state index contributed by atoms with van der Waals surface area (Å²) in [5.74, 6) is -3.08. The van der Waals surface area contributed by atoms with Crippen LogP contribution in [0.3, 0.4) is 0 Å². The molecule has 0 unspecified atom stereocenters. The Balaban J connectivity index is 1.82. The summed E-state index contributed by atoms with van der Waals surface area (Å²) in [6, 6.07) is 25.5. The molecule has 132 valence electrons. The smallest absolute Gasteiger partial charge is 0.288 e. The van der Waals surface area contributed by atoms with Crippen LogP contribution in [0.1, 0.15) is 17.0 Å². The number of hydrogen-bond donors (Lipinski definition) is 1. The number of anilines is 1. The maximum absolute atomic E-state index is 12.9. The Labute approximate surface area is 155 Å². The molecule has 2 nitrogen and oxygen atoms in total. The molecule has 3 aromatic rings. The molecule has 0 heterocycles. The van der Waals surface area contributed by atoms with Crippen LogP contribution in [-0.2, 0) is 4.79 Å². The second kappa shape index (κ2) is 8.63. The molecule has 1 amide bonds. The zero-order valence-electron chi connectivity index (χ0n) is 13.8. The topological polar surface area (TPSA) is 29.1 Å². The van der Waals surface area contributed by atoms with Gasteiger partial charge >= 0.3 is 0 Å². The molecule has 0 saturated heterocycles. The van der Waals surface area contributed by atoms with E-state index in [1.54, 1.807) is 24.3 Å². The van der Waals surface area contributed by atoms with Gasteiger partial charge in [-0.15, -0.1) is 0 Å². The van der Waals surface area contributed by atoms with Crippen LogP contribution in [0.2, 0.25) is 0 Å². The Morgan fingerprint density at radius 1 is 0.769 bits per heavy atom. The molecule has 0 atom stereocenters. The predicted octanol–water partition coefficient (Wildman–Crippen LogP) is 5.77. The Kier molecular flexibility index (Phi) is 6.02. The van der Waals surface area contributed by atoms with Crippen molar-refractivity contribution in [2.75, 3.05) is 5.32 Å². The Morgan fingerprint density at radius 3 is 1.73 bits per heavy atom. The van der Waals surface area contributed by atoms with Gasteiger partial charge in [-0.2, -0.15) is 8.78 Å². The summed E-state index contributed by atoms with van der Waals surface area (Å²) < 4.78 is 24.8. The lowest BCUT2D eigenvalue weighted by Gasteiger charge is -2.18. The average molecular weight is 369 g/mol. The number of amides is 1. The second-order valence-electron chi connectivity index (χ2n) is 5.65. The van der Waals surface area contributed by atoms with E-state index in [4.69, 9.17) is 0 Å². The number of hydrogen-bond acceptors (Lipinski definition) is 2. The van der Waals surface area contributed by atoms with Gasteiger partial charge in [-0.1, -0.05) is 72.4 Å². The van der Waals surface area contributed by atoms with Crippen LogP contribution in [-0.4, -0.2) is 11.7 Å². The van der Waals surface area contributed by atoms with Gasteiger partial charge in [-0.05, 0) is 35.4 Å². The number of thioether (sulfide) groups is 1. The van der Waals surface area contributed by atoms with Crippen molar-refractivity contribution in [3.05, 3.63) is 96.1 Å². The van der Waals surface area contributed by atoms with Gasteiger partial charge in [-0.25, -0.2) is 0 Å². The first kappa shape index (κ1) is 18.1. The summed E-state index contributed by atoms with van der Waals surface area (Å²) in [7, 11) is 0.